The third-order valence-electron chi connectivity index (χ3n) is 4.87. The maximum Gasteiger partial charge on any atom is 0.267 e. The summed E-state index contributed by atoms with van der Waals surface area (Å²) in [6.07, 6.45) is 0. The van der Waals surface area contributed by atoms with Gasteiger partial charge in [0.1, 0.15) is 5.82 Å². The maximum absolute atomic E-state index is 13.3. The molecule has 0 N–H and O–H groups in total. The molecule has 0 radical (unpaired) electrons. The molecule has 2 aromatic heterocycles. The van der Waals surface area contributed by atoms with Crippen molar-refractivity contribution < 1.29 is 4.39 Å². The van der Waals surface area contributed by atoms with E-state index in [0.717, 1.165) is 5.56 Å². The molecule has 0 atom stereocenters. The Bertz CT molecular complexity index is 1480. The van der Waals surface area contributed by atoms with Crippen LogP contribution in [0.25, 0.3) is 27.6 Å². The van der Waals surface area contributed by atoms with E-state index in [2.05, 4.69) is 4.98 Å². The van der Waals surface area contributed by atoms with Crippen molar-refractivity contribution in [3.05, 3.63) is 105 Å². The molecule has 3 aromatic carbocycles. The van der Waals surface area contributed by atoms with Crippen LogP contribution in [0.2, 0.25) is 0 Å². The minimum atomic E-state index is -0.347. The average molecular weight is 371 g/mol. The zero-order chi connectivity index (χ0) is 19.3. The summed E-state index contributed by atoms with van der Waals surface area (Å²) in [5, 5.41) is 0.911. The number of rotatable bonds is 2. The van der Waals surface area contributed by atoms with Crippen molar-refractivity contribution in [2.45, 2.75) is 6.54 Å². The predicted octanol–water partition coefficient (Wildman–Crippen LogP) is 3.35. The molecule has 0 unspecified atom stereocenters. The van der Waals surface area contributed by atoms with Gasteiger partial charge in [0.2, 0.25) is 5.78 Å². The summed E-state index contributed by atoms with van der Waals surface area (Å²) in [6, 6.07) is 20.0. The van der Waals surface area contributed by atoms with E-state index in [1.807, 2.05) is 0 Å². The minimum absolute atomic E-state index is 0.179. The molecule has 0 bridgehead atoms. The molecule has 0 saturated heterocycles. The van der Waals surface area contributed by atoms with Gasteiger partial charge in [-0.2, -0.15) is 0 Å². The maximum atomic E-state index is 13.3. The average Bonchev–Trinajstić information content (AvgIpc) is 2.72. The van der Waals surface area contributed by atoms with E-state index in [1.54, 1.807) is 60.7 Å². The highest BCUT2D eigenvalue weighted by Gasteiger charge is 2.15. The molecule has 28 heavy (non-hydrogen) atoms. The standard InChI is InChI=1S/C22H14FN3O2/c23-15-11-9-14(10-12-15)13-25-20(27)17-6-2-4-8-19(17)26-21(28)16-5-1-3-7-18(16)24-22(25)26/h1-12H,13H2. The van der Waals surface area contributed by atoms with Gasteiger partial charge in [-0.15, -0.1) is 0 Å². The number of benzene rings is 3. The lowest BCUT2D eigenvalue weighted by molar-refractivity contribution is 0.626. The van der Waals surface area contributed by atoms with Gasteiger partial charge in [-0.25, -0.2) is 13.8 Å². The first kappa shape index (κ1) is 16.4. The summed E-state index contributed by atoms with van der Waals surface area (Å²) in [7, 11) is 0. The zero-order valence-electron chi connectivity index (χ0n) is 14.7. The van der Waals surface area contributed by atoms with Gasteiger partial charge in [-0.05, 0) is 42.0 Å². The van der Waals surface area contributed by atoms with Crippen molar-refractivity contribution in [1.82, 2.24) is 14.0 Å². The Hall–Kier alpha value is -3.80. The monoisotopic (exact) mass is 371 g/mol. The lowest BCUT2D eigenvalue weighted by Crippen LogP contribution is -2.29. The van der Waals surface area contributed by atoms with Crippen LogP contribution in [-0.4, -0.2) is 14.0 Å². The fourth-order valence-electron chi connectivity index (χ4n) is 3.52. The van der Waals surface area contributed by atoms with Crippen molar-refractivity contribution in [2.24, 2.45) is 0 Å². The van der Waals surface area contributed by atoms with Crippen molar-refractivity contribution in [3.63, 3.8) is 0 Å². The van der Waals surface area contributed by atoms with Crippen LogP contribution in [0.15, 0.2) is 82.4 Å². The molecule has 0 aliphatic rings. The molecule has 5 aromatic rings. The number of aromatic nitrogens is 3. The number of hydrogen-bond acceptors (Lipinski definition) is 3. The van der Waals surface area contributed by atoms with Crippen molar-refractivity contribution in [2.75, 3.05) is 0 Å². The summed E-state index contributed by atoms with van der Waals surface area (Å²) in [5.74, 6) is -0.0865. The van der Waals surface area contributed by atoms with Crippen LogP contribution < -0.4 is 11.1 Å². The molecule has 5 rings (SSSR count). The van der Waals surface area contributed by atoms with Crippen LogP contribution in [0.4, 0.5) is 4.39 Å². The van der Waals surface area contributed by atoms with E-state index in [-0.39, 0.29) is 29.3 Å². The van der Waals surface area contributed by atoms with Crippen molar-refractivity contribution >= 4 is 27.6 Å². The predicted molar refractivity (Wildman–Crippen MR) is 106 cm³/mol. The van der Waals surface area contributed by atoms with Crippen LogP contribution in [0.1, 0.15) is 5.56 Å². The normalized spacial score (nSPS) is 11.5. The van der Waals surface area contributed by atoms with Crippen LogP contribution >= 0.6 is 0 Å². The van der Waals surface area contributed by atoms with Crippen molar-refractivity contribution in [3.8, 4) is 0 Å². The highest BCUT2D eigenvalue weighted by Crippen LogP contribution is 2.15. The SMILES string of the molecule is O=c1c2ccccc2n2c(=O)c3ccccc3nc2n1Cc1ccc(F)cc1. The third kappa shape index (κ3) is 2.42. The van der Waals surface area contributed by atoms with Gasteiger partial charge in [0, 0.05) is 0 Å². The fourth-order valence-corrected chi connectivity index (χ4v) is 3.52. The molecule has 0 fully saturated rings. The number of hydrogen-bond donors (Lipinski definition) is 0. The number of nitrogens with zero attached hydrogens (tertiary/aromatic N) is 3. The zero-order valence-corrected chi connectivity index (χ0v) is 14.7. The van der Waals surface area contributed by atoms with E-state index in [9.17, 15) is 14.0 Å². The Morgan fingerprint density at radius 3 is 2.25 bits per heavy atom. The van der Waals surface area contributed by atoms with Crippen LogP contribution in [0.5, 0.6) is 0 Å². The molecular weight excluding hydrogens is 357 g/mol. The van der Waals surface area contributed by atoms with Crippen LogP contribution in [0, 0.1) is 5.82 Å². The first-order chi connectivity index (χ1) is 13.6. The van der Waals surface area contributed by atoms with Crippen LogP contribution in [-0.2, 0) is 6.54 Å². The van der Waals surface area contributed by atoms with E-state index < -0.39 is 0 Å². The smallest absolute Gasteiger partial charge is 0.267 e. The summed E-state index contributed by atoms with van der Waals surface area (Å²) >= 11 is 0. The minimum Gasteiger partial charge on any atom is -0.273 e. The number of halogens is 1. The van der Waals surface area contributed by atoms with Gasteiger partial charge in [0.05, 0.1) is 28.4 Å². The van der Waals surface area contributed by atoms with E-state index in [4.69, 9.17) is 0 Å². The quantitative estimate of drug-likeness (QED) is 0.353. The van der Waals surface area contributed by atoms with E-state index in [0.29, 0.717) is 21.8 Å². The Morgan fingerprint density at radius 2 is 1.46 bits per heavy atom. The molecule has 2 heterocycles. The van der Waals surface area contributed by atoms with Crippen LogP contribution in [0.3, 0.4) is 0 Å². The topological polar surface area (TPSA) is 56.4 Å². The molecule has 0 spiro atoms. The molecule has 5 nitrogen and oxygen atoms in total. The van der Waals surface area contributed by atoms with Gasteiger partial charge < -0.3 is 0 Å². The highest BCUT2D eigenvalue weighted by molar-refractivity contribution is 5.84. The Kier molecular flexibility index (Phi) is 3.58. The Labute approximate surface area is 157 Å². The summed E-state index contributed by atoms with van der Waals surface area (Å²) in [6.45, 7) is 0.179. The van der Waals surface area contributed by atoms with Gasteiger partial charge in [-0.3, -0.25) is 14.2 Å². The molecule has 6 heteroatoms. The lowest BCUT2D eigenvalue weighted by atomic mass is 10.2. The second-order valence-corrected chi connectivity index (χ2v) is 6.60. The second-order valence-electron chi connectivity index (χ2n) is 6.60. The highest BCUT2D eigenvalue weighted by atomic mass is 19.1. The molecule has 136 valence electrons. The third-order valence-corrected chi connectivity index (χ3v) is 4.87. The Morgan fingerprint density at radius 1 is 0.786 bits per heavy atom. The summed E-state index contributed by atoms with van der Waals surface area (Å²) in [5.41, 5.74) is 1.30. The van der Waals surface area contributed by atoms with Gasteiger partial charge in [0.15, 0.2) is 0 Å². The first-order valence-corrected chi connectivity index (χ1v) is 8.81. The summed E-state index contributed by atoms with van der Waals surface area (Å²) in [4.78, 5) is 31.0. The molecular formula is C22H14FN3O2. The first-order valence-electron chi connectivity index (χ1n) is 8.81. The Balaban J connectivity index is 1.95. The van der Waals surface area contributed by atoms with Gasteiger partial charge in [-0.1, -0.05) is 36.4 Å². The molecule has 0 aliphatic carbocycles. The summed E-state index contributed by atoms with van der Waals surface area (Å²) < 4.78 is 16.2. The molecule has 0 saturated carbocycles. The van der Waals surface area contributed by atoms with Crippen molar-refractivity contribution in [1.29, 1.82) is 0 Å². The largest absolute Gasteiger partial charge is 0.273 e. The molecule has 0 aliphatic heterocycles. The number of para-hydroxylation sites is 2. The van der Waals surface area contributed by atoms with E-state index in [1.165, 1.54) is 21.1 Å². The van der Waals surface area contributed by atoms with E-state index >= 15 is 0 Å². The number of fused-ring (bicyclic) bond motifs is 4. The second kappa shape index (κ2) is 6.13. The van der Waals surface area contributed by atoms with Gasteiger partial charge in [0.25, 0.3) is 11.1 Å². The van der Waals surface area contributed by atoms with Gasteiger partial charge >= 0.3 is 0 Å². The molecule has 0 amide bonds. The lowest BCUT2D eigenvalue weighted by Gasteiger charge is -2.14. The fraction of sp³-hybridized carbons (Fsp3) is 0.0455.